The molecule has 0 unspecified atom stereocenters. The van der Waals surface area contributed by atoms with Gasteiger partial charge in [0.1, 0.15) is 10.3 Å². The van der Waals surface area contributed by atoms with Gasteiger partial charge in [-0.3, -0.25) is 4.79 Å². The van der Waals surface area contributed by atoms with Crippen molar-refractivity contribution < 1.29 is 4.74 Å². The number of pyridine rings is 1. The number of ether oxygens (including phenoxy) is 1. The Balaban J connectivity index is 2.25. The van der Waals surface area contributed by atoms with Crippen LogP contribution in [0.3, 0.4) is 0 Å². The van der Waals surface area contributed by atoms with Gasteiger partial charge in [0.05, 0.1) is 12.8 Å². The van der Waals surface area contributed by atoms with Crippen LogP contribution in [0.5, 0.6) is 5.88 Å². The standard InChI is InChI=1S/C12H12BrN3O2/c1-7-11(13)12(17)16-9(15-7)5-8-3-4-10(18-2)14-6-8/h3-4,6H,5H2,1-2H3,(H,15,16,17). The number of nitrogens with one attached hydrogen (secondary N) is 1. The van der Waals surface area contributed by atoms with E-state index in [-0.39, 0.29) is 5.56 Å². The fraction of sp³-hybridized carbons (Fsp3) is 0.250. The van der Waals surface area contributed by atoms with Gasteiger partial charge in [-0.15, -0.1) is 0 Å². The van der Waals surface area contributed by atoms with Crippen LogP contribution in [-0.2, 0) is 6.42 Å². The number of aryl methyl sites for hydroxylation is 1. The Bertz CT molecular complexity index is 608. The Kier molecular flexibility index (Phi) is 3.76. The molecule has 94 valence electrons. The van der Waals surface area contributed by atoms with E-state index in [1.165, 1.54) is 0 Å². The maximum Gasteiger partial charge on any atom is 0.265 e. The zero-order chi connectivity index (χ0) is 13.1. The minimum atomic E-state index is -0.168. The van der Waals surface area contributed by atoms with Gasteiger partial charge in [-0.2, -0.15) is 0 Å². The zero-order valence-corrected chi connectivity index (χ0v) is 11.6. The molecule has 5 nitrogen and oxygen atoms in total. The molecule has 2 aromatic heterocycles. The van der Waals surface area contributed by atoms with E-state index in [4.69, 9.17) is 4.74 Å². The number of methoxy groups -OCH3 is 1. The van der Waals surface area contributed by atoms with Gasteiger partial charge in [0.15, 0.2) is 0 Å². The topological polar surface area (TPSA) is 67.9 Å². The fourth-order valence-electron chi connectivity index (χ4n) is 1.54. The molecule has 0 aliphatic rings. The van der Waals surface area contributed by atoms with Crippen molar-refractivity contribution in [1.82, 2.24) is 15.0 Å². The first-order valence-corrected chi connectivity index (χ1v) is 6.13. The predicted octanol–water partition coefficient (Wildman–Crippen LogP) is 1.84. The molecule has 0 bridgehead atoms. The van der Waals surface area contributed by atoms with Gasteiger partial charge in [-0.1, -0.05) is 6.07 Å². The lowest BCUT2D eigenvalue weighted by molar-refractivity contribution is 0.397. The van der Waals surface area contributed by atoms with Gasteiger partial charge >= 0.3 is 0 Å². The highest BCUT2D eigenvalue weighted by Crippen LogP contribution is 2.11. The number of nitrogens with zero attached hydrogens (tertiary/aromatic N) is 2. The summed E-state index contributed by atoms with van der Waals surface area (Å²) in [6, 6.07) is 3.67. The zero-order valence-electron chi connectivity index (χ0n) is 10.0. The molecule has 0 saturated heterocycles. The highest BCUT2D eigenvalue weighted by Gasteiger charge is 2.06. The van der Waals surface area contributed by atoms with E-state index in [1.54, 1.807) is 26.3 Å². The van der Waals surface area contributed by atoms with Crippen molar-refractivity contribution in [3.8, 4) is 5.88 Å². The summed E-state index contributed by atoms with van der Waals surface area (Å²) in [5.41, 5.74) is 1.47. The predicted molar refractivity (Wildman–Crippen MR) is 70.9 cm³/mol. The second-order valence-corrected chi connectivity index (χ2v) is 4.59. The van der Waals surface area contributed by atoms with Gasteiger partial charge < -0.3 is 9.72 Å². The number of H-pyrrole nitrogens is 1. The Morgan fingerprint density at radius 1 is 1.44 bits per heavy atom. The summed E-state index contributed by atoms with van der Waals surface area (Å²) < 4.78 is 5.45. The molecule has 2 heterocycles. The average molecular weight is 310 g/mol. The van der Waals surface area contributed by atoms with Crippen LogP contribution >= 0.6 is 15.9 Å². The molecule has 6 heteroatoms. The third-order valence-corrected chi connectivity index (χ3v) is 3.39. The van der Waals surface area contributed by atoms with Crippen molar-refractivity contribution in [1.29, 1.82) is 0 Å². The van der Waals surface area contributed by atoms with E-state index in [0.29, 0.717) is 28.3 Å². The first-order chi connectivity index (χ1) is 8.60. The summed E-state index contributed by atoms with van der Waals surface area (Å²) >= 11 is 3.18. The molecule has 0 fully saturated rings. The molecule has 0 amide bonds. The van der Waals surface area contributed by atoms with Gasteiger partial charge in [-0.25, -0.2) is 9.97 Å². The van der Waals surface area contributed by atoms with Crippen LogP contribution in [0.2, 0.25) is 0 Å². The van der Waals surface area contributed by atoms with Crippen molar-refractivity contribution >= 4 is 15.9 Å². The van der Waals surface area contributed by atoms with Crippen molar-refractivity contribution in [2.24, 2.45) is 0 Å². The van der Waals surface area contributed by atoms with Crippen molar-refractivity contribution in [3.05, 3.63) is 50.2 Å². The van der Waals surface area contributed by atoms with Crippen LogP contribution in [0.4, 0.5) is 0 Å². The van der Waals surface area contributed by atoms with Crippen molar-refractivity contribution in [2.45, 2.75) is 13.3 Å². The van der Waals surface area contributed by atoms with Gasteiger partial charge in [0, 0.05) is 18.7 Å². The summed E-state index contributed by atoms with van der Waals surface area (Å²) in [6.45, 7) is 1.79. The third-order valence-electron chi connectivity index (χ3n) is 2.46. The first kappa shape index (κ1) is 12.8. The van der Waals surface area contributed by atoms with Crippen LogP contribution in [0.15, 0.2) is 27.6 Å². The van der Waals surface area contributed by atoms with E-state index >= 15 is 0 Å². The van der Waals surface area contributed by atoms with Crippen LogP contribution in [0, 0.1) is 6.92 Å². The van der Waals surface area contributed by atoms with Crippen molar-refractivity contribution in [2.75, 3.05) is 7.11 Å². The Hall–Kier alpha value is -1.69. The smallest absolute Gasteiger partial charge is 0.265 e. The number of hydrogen-bond acceptors (Lipinski definition) is 4. The minimum Gasteiger partial charge on any atom is -0.481 e. The van der Waals surface area contributed by atoms with Crippen LogP contribution in [0.25, 0.3) is 0 Å². The number of hydrogen-bond donors (Lipinski definition) is 1. The Morgan fingerprint density at radius 3 is 2.78 bits per heavy atom. The molecule has 0 saturated carbocycles. The van der Waals surface area contributed by atoms with E-state index in [2.05, 4.69) is 30.9 Å². The summed E-state index contributed by atoms with van der Waals surface area (Å²) in [7, 11) is 1.57. The van der Waals surface area contributed by atoms with Crippen LogP contribution < -0.4 is 10.3 Å². The largest absolute Gasteiger partial charge is 0.481 e. The van der Waals surface area contributed by atoms with Gasteiger partial charge in [0.2, 0.25) is 5.88 Å². The molecule has 0 aromatic carbocycles. The lowest BCUT2D eigenvalue weighted by Crippen LogP contribution is -2.14. The molecule has 1 N–H and O–H groups in total. The minimum absolute atomic E-state index is 0.168. The third kappa shape index (κ3) is 2.76. The number of rotatable bonds is 3. The molecule has 0 radical (unpaired) electrons. The Labute approximate surface area is 112 Å². The summed E-state index contributed by atoms with van der Waals surface area (Å²) in [4.78, 5) is 22.7. The lowest BCUT2D eigenvalue weighted by atomic mass is 10.2. The van der Waals surface area contributed by atoms with Gasteiger partial charge in [0.25, 0.3) is 5.56 Å². The first-order valence-electron chi connectivity index (χ1n) is 5.34. The van der Waals surface area contributed by atoms with Gasteiger partial charge in [-0.05, 0) is 28.4 Å². The maximum atomic E-state index is 11.6. The molecule has 0 atom stereocenters. The normalized spacial score (nSPS) is 10.4. The molecule has 0 aliphatic heterocycles. The van der Waals surface area contributed by atoms with E-state index in [9.17, 15) is 4.79 Å². The molecular weight excluding hydrogens is 298 g/mol. The number of halogens is 1. The highest BCUT2D eigenvalue weighted by atomic mass is 79.9. The van der Waals surface area contributed by atoms with Crippen LogP contribution in [0.1, 0.15) is 17.1 Å². The number of aromatic amines is 1. The van der Waals surface area contributed by atoms with Crippen molar-refractivity contribution in [3.63, 3.8) is 0 Å². The van der Waals surface area contributed by atoms with E-state index in [1.807, 2.05) is 6.07 Å². The lowest BCUT2D eigenvalue weighted by Gasteiger charge is -2.04. The van der Waals surface area contributed by atoms with E-state index in [0.717, 1.165) is 5.56 Å². The molecular formula is C12H12BrN3O2. The average Bonchev–Trinajstić information content (AvgIpc) is 2.37. The molecule has 2 aromatic rings. The second-order valence-electron chi connectivity index (χ2n) is 3.80. The summed E-state index contributed by atoms with van der Waals surface area (Å²) in [6.07, 6.45) is 2.23. The Morgan fingerprint density at radius 2 is 2.22 bits per heavy atom. The monoisotopic (exact) mass is 309 g/mol. The molecule has 2 rings (SSSR count). The van der Waals surface area contributed by atoms with Crippen LogP contribution in [-0.4, -0.2) is 22.1 Å². The molecule has 0 aliphatic carbocycles. The summed E-state index contributed by atoms with van der Waals surface area (Å²) in [5, 5.41) is 0. The fourth-order valence-corrected chi connectivity index (χ4v) is 1.73. The second kappa shape index (κ2) is 5.30. The highest BCUT2D eigenvalue weighted by molar-refractivity contribution is 9.10. The quantitative estimate of drug-likeness (QED) is 0.939. The number of aromatic nitrogens is 3. The molecule has 18 heavy (non-hydrogen) atoms. The molecule has 0 spiro atoms. The van der Waals surface area contributed by atoms with E-state index < -0.39 is 0 Å². The maximum absolute atomic E-state index is 11.6. The SMILES string of the molecule is COc1ccc(Cc2nc(C)c(Br)c(=O)[nH]2)cn1. The summed E-state index contributed by atoms with van der Waals surface area (Å²) in [5.74, 6) is 1.18.